The number of benzene rings is 1. The minimum atomic E-state index is 0.562. The lowest BCUT2D eigenvalue weighted by molar-refractivity contribution is 0.0435. The predicted octanol–water partition coefficient (Wildman–Crippen LogP) is 2.83. The summed E-state index contributed by atoms with van der Waals surface area (Å²) in [5.74, 6) is 0.635. The summed E-state index contributed by atoms with van der Waals surface area (Å²) in [5.41, 5.74) is 5.20. The Kier molecular flexibility index (Phi) is 4.99. The van der Waals surface area contributed by atoms with E-state index in [0.717, 1.165) is 12.1 Å². The molecule has 0 aromatic heterocycles. The van der Waals surface area contributed by atoms with Crippen LogP contribution in [0.15, 0.2) is 18.2 Å². The molecule has 0 amide bonds. The van der Waals surface area contributed by atoms with E-state index >= 15 is 0 Å². The first kappa shape index (κ1) is 14.8. The monoisotopic (exact) mass is 273 g/mol. The molecule has 0 radical (unpaired) electrons. The van der Waals surface area contributed by atoms with Crippen LogP contribution in [0, 0.1) is 11.3 Å². The third-order valence-corrected chi connectivity index (χ3v) is 4.04. The lowest BCUT2D eigenvalue weighted by atomic mass is 10.00. The molecule has 1 heterocycles. The Morgan fingerprint density at radius 3 is 2.65 bits per heavy atom. The van der Waals surface area contributed by atoms with Crippen LogP contribution < -0.4 is 10.2 Å². The topological polar surface area (TPSA) is 48.3 Å². The van der Waals surface area contributed by atoms with Crippen LogP contribution >= 0.6 is 0 Å². The molecule has 0 bridgehead atoms. The van der Waals surface area contributed by atoms with Crippen LogP contribution in [0.2, 0.25) is 0 Å². The number of piperidine rings is 1. The van der Waals surface area contributed by atoms with Gasteiger partial charge in [-0.25, -0.2) is 5.01 Å². The van der Waals surface area contributed by atoms with Gasteiger partial charge in [0.15, 0.2) is 0 Å². The van der Waals surface area contributed by atoms with Crippen LogP contribution in [0.25, 0.3) is 0 Å². The van der Waals surface area contributed by atoms with Gasteiger partial charge in [-0.2, -0.15) is 5.26 Å². The number of nitrogens with one attached hydrogen (secondary N) is 1. The maximum Gasteiger partial charge on any atom is 0.136 e. The largest absolute Gasteiger partial charge is 0.495 e. The predicted molar refractivity (Wildman–Crippen MR) is 79.2 cm³/mol. The van der Waals surface area contributed by atoms with E-state index in [-0.39, 0.29) is 0 Å². The third kappa shape index (κ3) is 3.30. The van der Waals surface area contributed by atoms with Crippen molar-refractivity contribution in [2.24, 2.45) is 0 Å². The Hall–Kier alpha value is -1.57. The first-order valence-corrected chi connectivity index (χ1v) is 7.24. The van der Waals surface area contributed by atoms with Crippen molar-refractivity contribution in [2.45, 2.75) is 51.7 Å². The van der Waals surface area contributed by atoms with Crippen molar-refractivity contribution in [1.29, 1.82) is 5.26 Å². The van der Waals surface area contributed by atoms with Gasteiger partial charge in [-0.1, -0.05) is 12.5 Å². The van der Waals surface area contributed by atoms with Crippen LogP contribution in [0.5, 0.6) is 5.75 Å². The van der Waals surface area contributed by atoms with E-state index in [2.05, 4.69) is 30.4 Å². The summed E-state index contributed by atoms with van der Waals surface area (Å²) in [5, 5.41) is 11.5. The van der Waals surface area contributed by atoms with Gasteiger partial charge in [0.05, 0.1) is 12.7 Å². The minimum Gasteiger partial charge on any atom is -0.495 e. The molecule has 2 rings (SSSR count). The highest BCUT2D eigenvalue weighted by atomic mass is 16.5. The van der Waals surface area contributed by atoms with E-state index in [1.807, 2.05) is 18.2 Å². The number of hydrogen-bond acceptors (Lipinski definition) is 4. The number of methoxy groups -OCH3 is 1. The molecule has 108 valence electrons. The van der Waals surface area contributed by atoms with E-state index < -0.39 is 0 Å². The zero-order chi connectivity index (χ0) is 14.5. The number of ether oxygens (including phenoxy) is 1. The highest BCUT2D eigenvalue weighted by Gasteiger charge is 2.24. The van der Waals surface area contributed by atoms with Gasteiger partial charge < -0.3 is 4.74 Å². The van der Waals surface area contributed by atoms with Crippen molar-refractivity contribution in [1.82, 2.24) is 10.4 Å². The molecule has 2 atom stereocenters. The number of hydrazine groups is 1. The number of nitrogens with zero attached hydrogens (tertiary/aromatic N) is 2. The molecule has 1 fully saturated rings. The average molecular weight is 273 g/mol. The van der Waals surface area contributed by atoms with Gasteiger partial charge in [0.1, 0.15) is 11.8 Å². The summed E-state index contributed by atoms with van der Waals surface area (Å²) in [6.07, 6.45) is 3.79. The van der Waals surface area contributed by atoms with Gasteiger partial charge in [-0.3, -0.25) is 5.43 Å². The number of hydrogen-bond donors (Lipinski definition) is 1. The van der Waals surface area contributed by atoms with Gasteiger partial charge in [-0.05, 0) is 44.4 Å². The second-order valence-electron chi connectivity index (χ2n) is 5.52. The summed E-state index contributed by atoms with van der Waals surface area (Å²) in [7, 11) is 1.59. The maximum absolute atomic E-state index is 9.11. The molecule has 1 aliphatic heterocycles. The van der Waals surface area contributed by atoms with Gasteiger partial charge in [0, 0.05) is 18.6 Å². The first-order chi connectivity index (χ1) is 9.65. The lowest BCUT2D eigenvalue weighted by Crippen LogP contribution is -2.51. The Morgan fingerprint density at radius 2 is 2.05 bits per heavy atom. The van der Waals surface area contributed by atoms with Crippen LogP contribution in [0.1, 0.15) is 44.2 Å². The standard InChI is InChI=1S/C16H23N3O/c1-12-5-4-6-13(2)19(12)18-11-14-7-8-16(20-3)15(9-14)10-17/h7-9,12-13,18H,4-6,11H2,1-3H3. The third-order valence-electron chi connectivity index (χ3n) is 4.04. The normalized spacial score (nSPS) is 23.3. The Bertz CT molecular complexity index is 485. The van der Waals surface area contributed by atoms with Crippen molar-refractivity contribution in [3.63, 3.8) is 0 Å². The lowest BCUT2D eigenvalue weighted by Gasteiger charge is -2.39. The summed E-state index contributed by atoms with van der Waals surface area (Å²) >= 11 is 0. The molecule has 1 aromatic carbocycles. The summed E-state index contributed by atoms with van der Waals surface area (Å²) in [4.78, 5) is 0. The first-order valence-electron chi connectivity index (χ1n) is 7.24. The molecule has 4 heteroatoms. The highest BCUT2D eigenvalue weighted by Crippen LogP contribution is 2.22. The molecule has 0 aliphatic carbocycles. The molecule has 20 heavy (non-hydrogen) atoms. The van der Waals surface area contributed by atoms with Gasteiger partial charge in [0.2, 0.25) is 0 Å². The molecule has 1 N–H and O–H groups in total. The molecule has 1 saturated heterocycles. The fraction of sp³-hybridized carbons (Fsp3) is 0.562. The zero-order valence-electron chi connectivity index (χ0n) is 12.5. The van der Waals surface area contributed by atoms with Crippen molar-refractivity contribution >= 4 is 0 Å². The molecule has 1 aliphatic rings. The fourth-order valence-corrected chi connectivity index (χ4v) is 2.87. The van der Waals surface area contributed by atoms with Crippen molar-refractivity contribution < 1.29 is 4.74 Å². The molecule has 4 nitrogen and oxygen atoms in total. The van der Waals surface area contributed by atoms with Crippen LogP contribution in [0.3, 0.4) is 0 Å². The molecule has 0 saturated carbocycles. The second-order valence-corrected chi connectivity index (χ2v) is 5.52. The van der Waals surface area contributed by atoms with Crippen molar-refractivity contribution in [2.75, 3.05) is 7.11 Å². The van der Waals surface area contributed by atoms with E-state index in [1.54, 1.807) is 7.11 Å². The number of rotatable bonds is 4. The molecule has 2 unspecified atom stereocenters. The quantitative estimate of drug-likeness (QED) is 0.916. The van der Waals surface area contributed by atoms with E-state index in [9.17, 15) is 0 Å². The summed E-state index contributed by atoms with van der Waals surface area (Å²) in [6.45, 7) is 5.27. The molecular formula is C16H23N3O. The van der Waals surface area contributed by atoms with Crippen molar-refractivity contribution in [3.8, 4) is 11.8 Å². The molecule has 1 aromatic rings. The minimum absolute atomic E-state index is 0.562. The van der Waals surface area contributed by atoms with Gasteiger partial charge >= 0.3 is 0 Å². The fourth-order valence-electron chi connectivity index (χ4n) is 2.87. The second kappa shape index (κ2) is 6.74. The Morgan fingerprint density at radius 1 is 1.35 bits per heavy atom. The van der Waals surface area contributed by atoms with Crippen LogP contribution in [-0.2, 0) is 6.54 Å². The van der Waals surface area contributed by atoms with Crippen LogP contribution in [0.4, 0.5) is 0 Å². The van der Waals surface area contributed by atoms with E-state index in [0.29, 0.717) is 23.4 Å². The maximum atomic E-state index is 9.11. The molecule has 0 spiro atoms. The van der Waals surface area contributed by atoms with Gasteiger partial charge in [-0.15, -0.1) is 0 Å². The zero-order valence-corrected chi connectivity index (χ0v) is 12.5. The average Bonchev–Trinajstić information content (AvgIpc) is 2.46. The van der Waals surface area contributed by atoms with Crippen LogP contribution in [-0.4, -0.2) is 24.2 Å². The SMILES string of the molecule is COc1ccc(CNN2C(C)CCCC2C)cc1C#N. The Labute approximate surface area is 121 Å². The number of nitriles is 1. The molecular weight excluding hydrogens is 250 g/mol. The highest BCUT2D eigenvalue weighted by molar-refractivity contribution is 5.45. The summed E-state index contributed by atoms with van der Waals surface area (Å²) in [6, 6.07) is 9.06. The van der Waals surface area contributed by atoms with E-state index in [1.165, 1.54) is 19.3 Å². The van der Waals surface area contributed by atoms with Crippen molar-refractivity contribution in [3.05, 3.63) is 29.3 Å². The van der Waals surface area contributed by atoms with E-state index in [4.69, 9.17) is 10.00 Å². The summed E-state index contributed by atoms with van der Waals surface area (Å²) < 4.78 is 5.17. The Balaban J connectivity index is 2.02. The smallest absolute Gasteiger partial charge is 0.136 e. The van der Waals surface area contributed by atoms with Gasteiger partial charge in [0.25, 0.3) is 0 Å².